The molecule has 36 heavy (non-hydrogen) atoms. The average Bonchev–Trinajstić information content (AvgIpc) is 3.15. The normalized spacial score (nSPS) is 15.0. The molecule has 0 radical (unpaired) electrons. The molecule has 0 unspecified atom stereocenters. The highest BCUT2D eigenvalue weighted by molar-refractivity contribution is 7.12. The molecule has 0 saturated heterocycles. The van der Waals surface area contributed by atoms with Gasteiger partial charge in [-0.25, -0.2) is 0 Å². The minimum Gasteiger partial charge on any atom is -0.304 e. The van der Waals surface area contributed by atoms with E-state index in [0.717, 1.165) is 43.8 Å². The molecular weight excluding hydrogens is 460 g/mol. The highest BCUT2D eigenvalue weighted by Crippen LogP contribution is 2.22. The molecule has 2 fully saturated rings. The van der Waals surface area contributed by atoms with Crippen LogP contribution in [0.5, 0.6) is 0 Å². The number of ketones is 1. The average molecular weight is 519 g/mol. The van der Waals surface area contributed by atoms with Gasteiger partial charge in [-0.1, -0.05) is 77.7 Å². The second-order valence-corrected chi connectivity index (χ2v) is 11.7. The maximum atomic E-state index is 10.6. The number of Topliss-reactive ketones (excluding diaryl/α,β-unsaturated/α-hetero) is 1. The van der Waals surface area contributed by atoms with Crippen LogP contribution in [0, 0.1) is 42.9 Å². The predicted octanol–water partition coefficient (Wildman–Crippen LogP) is 10.5. The summed E-state index contributed by atoms with van der Waals surface area (Å²) >= 11 is 1.78. The molecule has 0 aliphatic heterocycles. The summed E-state index contributed by atoms with van der Waals surface area (Å²) in [4.78, 5) is 22.0. The van der Waals surface area contributed by atoms with Gasteiger partial charge in [-0.05, 0) is 84.8 Å². The van der Waals surface area contributed by atoms with Crippen LogP contribution in [-0.4, -0.2) is 12.1 Å². The van der Waals surface area contributed by atoms with Crippen LogP contribution in [0.3, 0.4) is 0 Å². The molecule has 208 valence electrons. The Hall–Kier alpha value is -1.66. The number of carbonyl (C=O) groups is 2. The van der Waals surface area contributed by atoms with Crippen LogP contribution in [-0.2, 0) is 9.59 Å². The fourth-order valence-electron chi connectivity index (χ4n) is 3.27. The van der Waals surface area contributed by atoms with Crippen molar-refractivity contribution in [3.8, 4) is 11.8 Å². The molecule has 2 nitrogen and oxygen atoms in total. The fraction of sp³-hybridized carbons (Fsp3) is 0.697. The van der Waals surface area contributed by atoms with Crippen molar-refractivity contribution >= 4 is 23.4 Å². The monoisotopic (exact) mass is 518 g/mol. The predicted molar refractivity (Wildman–Crippen MR) is 164 cm³/mol. The summed E-state index contributed by atoms with van der Waals surface area (Å²) in [5.74, 6) is 8.75. The van der Waals surface area contributed by atoms with Gasteiger partial charge in [0, 0.05) is 23.1 Å². The van der Waals surface area contributed by atoms with Gasteiger partial charge in [-0.2, -0.15) is 0 Å². The highest BCUT2D eigenvalue weighted by atomic mass is 32.1. The van der Waals surface area contributed by atoms with E-state index in [1.54, 1.807) is 17.4 Å². The summed E-state index contributed by atoms with van der Waals surface area (Å²) in [5, 5.41) is 0. The van der Waals surface area contributed by atoms with Crippen LogP contribution in [0.4, 0.5) is 0 Å². The Balaban J connectivity index is -0.000000410. The SMILES string of the molecule is C=CC.CC.CC1CCC(=O)CC1.CC1CCCCC1.CC=O.Cc1cc(C#CC(C)(C)C)sc1C. The maximum Gasteiger partial charge on any atom is 0.132 e. The Labute approximate surface area is 229 Å². The lowest BCUT2D eigenvalue weighted by atomic mass is 9.90. The minimum atomic E-state index is 0.103. The largest absolute Gasteiger partial charge is 0.304 e. The van der Waals surface area contributed by atoms with Gasteiger partial charge < -0.3 is 4.79 Å². The first-order chi connectivity index (χ1) is 16.9. The molecule has 2 aliphatic rings. The molecule has 0 amide bonds. The minimum absolute atomic E-state index is 0.103. The number of aryl methyl sites for hydroxylation is 2. The lowest BCUT2D eigenvalue weighted by molar-refractivity contribution is -0.120. The van der Waals surface area contributed by atoms with Crippen molar-refractivity contribution in [2.24, 2.45) is 17.3 Å². The number of rotatable bonds is 0. The first-order valence-electron chi connectivity index (χ1n) is 14.0. The van der Waals surface area contributed by atoms with Crippen molar-refractivity contribution in [2.45, 2.75) is 134 Å². The Bertz CT molecular complexity index is 698. The van der Waals surface area contributed by atoms with E-state index in [1.807, 2.05) is 20.8 Å². The summed E-state index contributed by atoms with van der Waals surface area (Å²) in [6, 6.07) is 2.17. The molecule has 0 N–H and O–H groups in total. The third-order valence-electron chi connectivity index (χ3n) is 5.45. The molecule has 0 spiro atoms. The van der Waals surface area contributed by atoms with Crippen LogP contribution in [0.15, 0.2) is 18.7 Å². The third-order valence-corrected chi connectivity index (χ3v) is 6.52. The van der Waals surface area contributed by atoms with Crippen LogP contribution < -0.4 is 0 Å². The summed E-state index contributed by atoms with van der Waals surface area (Å²) in [6.07, 6.45) is 13.9. The number of carbonyl (C=O) groups excluding carboxylic acids is 2. The van der Waals surface area contributed by atoms with Gasteiger partial charge in [0.05, 0.1) is 4.88 Å². The number of hydrogen-bond acceptors (Lipinski definition) is 3. The van der Waals surface area contributed by atoms with E-state index in [0.29, 0.717) is 5.78 Å². The summed E-state index contributed by atoms with van der Waals surface area (Å²) in [6.45, 7) is 25.9. The van der Waals surface area contributed by atoms with E-state index in [2.05, 4.69) is 73.0 Å². The number of thiophene rings is 1. The van der Waals surface area contributed by atoms with Gasteiger partial charge in [-0.3, -0.25) is 4.79 Å². The molecule has 0 atom stereocenters. The molecule has 1 heterocycles. The van der Waals surface area contributed by atoms with E-state index in [9.17, 15) is 4.79 Å². The van der Waals surface area contributed by atoms with Gasteiger partial charge in [0.25, 0.3) is 0 Å². The lowest BCUT2D eigenvalue weighted by Gasteiger charge is -2.15. The molecule has 2 aliphatic carbocycles. The quantitative estimate of drug-likeness (QED) is 0.194. The molecule has 0 bridgehead atoms. The molecule has 1 aromatic rings. The van der Waals surface area contributed by atoms with Crippen LogP contribution in [0.2, 0.25) is 0 Å². The van der Waals surface area contributed by atoms with Crippen molar-refractivity contribution in [3.05, 3.63) is 34.0 Å². The molecule has 2 saturated carbocycles. The highest BCUT2D eigenvalue weighted by Gasteiger charge is 2.13. The Morgan fingerprint density at radius 2 is 1.36 bits per heavy atom. The van der Waals surface area contributed by atoms with E-state index in [1.165, 1.54) is 54.3 Å². The van der Waals surface area contributed by atoms with Gasteiger partial charge in [-0.15, -0.1) is 17.9 Å². The first kappa shape index (κ1) is 38.9. The fourth-order valence-corrected chi connectivity index (χ4v) is 4.16. The Morgan fingerprint density at radius 3 is 1.64 bits per heavy atom. The second kappa shape index (κ2) is 25.0. The molecule has 3 rings (SSSR count). The van der Waals surface area contributed by atoms with Crippen molar-refractivity contribution in [1.29, 1.82) is 0 Å². The smallest absolute Gasteiger partial charge is 0.132 e. The summed E-state index contributed by atoms with van der Waals surface area (Å²) in [5.41, 5.74) is 1.45. The number of hydrogen-bond donors (Lipinski definition) is 0. The third kappa shape index (κ3) is 26.9. The van der Waals surface area contributed by atoms with Gasteiger partial charge in [0.1, 0.15) is 12.1 Å². The summed E-state index contributed by atoms with van der Waals surface area (Å²) in [7, 11) is 0. The van der Waals surface area contributed by atoms with Gasteiger partial charge >= 0.3 is 0 Å². The van der Waals surface area contributed by atoms with Crippen LogP contribution >= 0.6 is 11.3 Å². The zero-order valence-corrected chi connectivity index (χ0v) is 26.5. The lowest BCUT2D eigenvalue weighted by Crippen LogP contribution is -2.10. The zero-order chi connectivity index (χ0) is 28.6. The molecule has 3 heteroatoms. The van der Waals surface area contributed by atoms with E-state index >= 15 is 0 Å². The van der Waals surface area contributed by atoms with E-state index in [-0.39, 0.29) is 5.41 Å². The van der Waals surface area contributed by atoms with Crippen LogP contribution in [0.1, 0.15) is 135 Å². The summed E-state index contributed by atoms with van der Waals surface area (Å²) < 4.78 is 0. The van der Waals surface area contributed by atoms with Crippen molar-refractivity contribution < 1.29 is 9.59 Å². The number of allylic oxidation sites excluding steroid dienone is 1. The van der Waals surface area contributed by atoms with E-state index < -0.39 is 0 Å². The van der Waals surface area contributed by atoms with Gasteiger partial charge in [0.2, 0.25) is 0 Å². The first-order valence-corrected chi connectivity index (χ1v) is 14.8. The zero-order valence-electron chi connectivity index (χ0n) is 25.7. The standard InChI is InChI=1S/C12H16S.C7H12O.C7H14.C3H6.C2H4O.C2H6/c1-9-8-11(13-10(9)2)6-7-12(3,4)5;1-6-2-4-7(8)5-3-6;1-7-5-3-2-4-6-7;1-3-2;1-2-3;1-2/h8H,1-5H3;6H,2-5H2,1H3;7H,2-6H2,1H3;3H,1H2,2H3;2H,1H3;1-2H3. The van der Waals surface area contributed by atoms with E-state index in [4.69, 9.17) is 4.79 Å². The molecule has 0 aromatic carbocycles. The molecule has 1 aromatic heterocycles. The Morgan fingerprint density at radius 1 is 0.944 bits per heavy atom. The second-order valence-electron chi connectivity index (χ2n) is 10.5. The van der Waals surface area contributed by atoms with Crippen LogP contribution in [0.25, 0.3) is 0 Å². The van der Waals surface area contributed by atoms with Gasteiger partial charge in [0.15, 0.2) is 0 Å². The maximum absolute atomic E-state index is 10.6. The topological polar surface area (TPSA) is 34.1 Å². The Kier molecular flexibility index (Phi) is 27.0. The molecular formula is C33H58O2S. The van der Waals surface area contributed by atoms with Crippen molar-refractivity contribution in [2.75, 3.05) is 0 Å². The van der Waals surface area contributed by atoms with Crippen molar-refractivity contribution in [1.82, 2.24) is 0 Å². The number of aldehydes is 1. The van der Waals surface area contributed by atoms with Crippen molar-refractivity contribution in [3.63, 3.8) is 0 Å².